The lowest BCUT2D eigenvalue weighted by atomic mass is 10.2. The maximum atomic E-state index is 10.6. The third kappa shape index (κ3) is 0.735. The van der Waals surface area contributed by atoms with Crippen molar-refractivity contribution >= 4 is 5.91 Å². The normalized spacial score (nSPS) is 24.1. The van der Waals surface area contributed by atoms with Crippen LogP contribution in [0.2, 0.25) is 0 Å². The fourth-order valence-electron chi connectivity index (χ4n) is 0.813. The first-order valence-corrected chi connectivity index (χ1v) is 2.78. The van der Waals surface area contributed by atoms with E-state index in [0.717, 1.165) is 18.5 Å². The van der Waals surface area contributed by atoms with Crippen LogP contribution in [0.25, 0.3) is 0 Å². The summed E-state index contributed by atoms with van der Waals surface area (Å²) in [6.45, 7) is 2.71. The van der Waals surface area contributed by atoms with Crippen LogP contribution in [0.4, 0.5) is 0 Å². The fourth-order valence-corrected chi connectivity index (χ4v) is 0.813. The molecule has 0 aromatic carbocycles. The van der Waals surface area contributed by atoms with Gasteiger partial charge in [-0.3, -0.25) is 4.79 Å². The molecule has 0 aromatic heterocycles. The molecule has 0 aromatic rings. The summed E-state index contributed by atoms with van der Waals surface area (Å²) in [5.41, 5.74) is 0.921. The molecule has 1 aliphatic rings. The average Bonchev–Trinajstić information content (AvgIpc) is 2.14. The van der Waals surface area contributed by atoms with Crippen molar-refractivity contribution in [3.05, 3.63) is 11.6 Å². The van der Waals surface area contributed by atoms with Crippen molar-refractivity contribution in [3.63, 3.8) is 0 Å². The van der Waals surface area contributed by atoms with Gasteiger partial charge in [0.2, 0.25) is 5.91 Å². The number of hydrogen-bond donors (Lipinski definition) is 1. The molecule has 1 fully saturated rings. The lowest BCUT2D eigenvalue weighted by Gasteiger charge is -1.85. The highest BCUT2D eigenvalue weighted by molar-refractivity contribution is 5.95. The van der Waals surface area contributed by atoms with Crippen molar-refractivity contribution in [2.24, 2.45) is 0 Å². The van der Waals surface area contributed by atoms with Crippen LogP contribution in [-0.4, -0.2) is 12.5 Å². The van der Waals surface area contributed by atoms with E-state index in [-0.39, 0.29) is 5.91 Å². The first-order valence-electron chi connectivity index (χ1n) is 2.78. The van der Waals surface area contributed by atoms with Gasteiger partial charge in [0.25, 0.3) is 0 Å². The van der Waals surface area contributed by atoms with Gasteiger partial charge in [-0.25, -0.2) is 0 Å². The summed E-state index contributed by atoms with van der Waals surface area (Å²) in [4.78, 5) is 10.6. The zero-order valence-electron chi connectivity index (χ0n) is 4.90. The highest BCUT2D eigenvalue weighted by Gasteiger charge is 2.13. The molecular weight excluding hydrogens is 102 g/mol. The largest absolute Gasteiger partial charge is 0.352 e. The van der Waals surface area contributed by atoms with Gasteiger partial charge in [-0.15, -0.1) is 0 Å². The summed E-state index contributed by atoms with van der Waals surface area (Å²) >= 11 is 0. The molecule has 0 radical (unpaired) electrons. The molecule has 0 spiro atoms. The summed E-state index contributed by atoms with van der Waals surface area (Å²) in [6.07, 6.45) is 2.76. The van der Waals surface area contributed by atoms with Gasteiger partial charge in [0, 0.05) is 12.1 Å². The Hall–Kier alpha value is -0.790. The Morgan fingerprint density at radius 1 is 1.75 bits per heavy atom. The molecule has 1 aliphatic heterocycles. The molecule has 0 bridgehead atoms. The molecule has 0 unspecified atom stereocenters. The minimum absolute atomic E-state index is 0.104. The Bertz CT molecular complexity index is 137. The lowest BCUT2D eigenvalue weighted by Crippen LogP contribution is -2.13. The molecule has 0 aliphatic carbocycles. The number of allylic oxidation sites excluding steroid dienone is 1. The number of amides is 1. The topological polar surface area (TPSA) is 29.1 Å². The second-order valence-electron chi connectivity index (χ2n) is 1.82. The molecule has 0 saturated carbocycles. The number of rotatable bonds is 0. The summed E-state index contributed by atoms with van der Waals surface area (Å²) < 4.78 is 0. The van der Waals surface area contributed by atoms with E-state index in [4.69, 9.17) is 0 Å². The molecule has 1 amide bonds. The Morgan fingerprint density at radius 3 is 2.75 bits per heavy atom. The van der Waals surface area contributed by atoms with Crippen molar-refractivity contribution in [1.29, 1.82) is 0 Å². The zero-order chi connectivity index (χ0) is 5.98. The first kappa shape index (κ1) is 5.35. The molecule has 1 heterocycles. The molecule has 2 heteroatoms. The van der Waals surface area contributed by atoms with Gasteiger partial charge in [0.15, 0.2) is 0 Å². The number of carbonyl (C=O) groups is 1. The van der Waals surface area contributed by atoms with Crippen molar-refractivity contribution < 1.29 is 4.79 Å². The van der Waals surface area contributed by atoms with E-state index in [1.54, 1.807) is 0 Å². The van der Waals surface area contributed by atoms with Crippen LogP contribution in [0.5, 0.6) is 0 Å². The number of hydrogen-bond acceptors (Lipinski definition) is 1. The van der Waals surface area contributed by atoms with Crippen molar-refractivity contribution in [1.82, 2.24) is 5.32 Å². The van der Waals surface area contributed by atoms with Gasteiger partial charge in [0.1, 0.15) is 0 Å². The van der Waals surface area contributed by atoms with Crippen LogP contribution >= 0.6 is 0 Å². The quantitative estimate of drug-likeness (QED) is 0.452. The van der Waals surface area contributed by atoms with Gasteiger partial charge in [-0.05, 0) is 13.3 Å². The van der Waals surface area contributed by atoms with Gasteiger partial charge in [-0.2, -0.15) is 0 Å². The minimum atomic E-state index is 0.104. The van der Waals surface area contributed by atoms with Gasteiger partial charge < -0.3 is 5.32 Å². The zero-order valence-corrected chi connectivity index (χ0v) is 4.90. The van der Waals surface area contributed by atoms with Crippen LogP contribution in [0, 0.1) is 0 Å². The lowest BCUT2D eigenvalue weighted by molar-refractivity contribution is -0.116. The Labute approximate surface area is 48.6 Å². The summed E-state index contributed by atoms with van der Waals surface area (Å²) in [7, 11) is 0. The summed E-state index contributed by atoms with van der Waals surface area (Å²) in [6, 6.07) is 0. The molecule has 44 valence electrons. The summed E-state index contributed by atoms with van der Waals surface area (Å²) in [5, 5.41) is 2.71. The Kier molecular flexibility index (Phi) is 1.33. The van der Waals surface area contributed by atoms with Crippen LogP contribution in [0.15, 0.2) is 11.6 Å². The molecule has 2 nitrogen and oxygen atoms in total. The van der Waals surface area contributed by atoms with Crippen molar-refractivity contribution in [2.75, 3.05) is 6.54 Å². The van der Waals surface area contributed by atoms with Crippen LogP contribution in [0.3, 0.4) is 0 Å². The number of nitrogens with one attached hydrogen (secondary N) is 1. The van der Waals surface area contributed by atoms with Crippen LogP contribution < -0.4 is 5.32 Å². The second kappa shape index (κ2) is 1.99. The van der Waals surface area contributed by atoms with Gasteiger partial charge in [-0.1, -0.05) is 6.08 Å². The molecular formula is C6H9NO. The SMILES string of the molecule is C/C=C1\CCNC1=O. The van der Waals surface area contributed by atoms with E-state index in [1.165, 1.54) is 0 Å². The third-order valence-electron chi connectivity index (χ3n) is 1.32. The number of carbonyl (C=O) groups excluding carboxylic acids is 1. The van der Waals surface area contributed by atoms with Gasteiger partial charge in [0.05, 0.1) is 0 Å². The van der Waals surface area contributed by atoms with Crippen molar-refractivity contribution in [2.45, 2.75) is 13.3 Å². The van der Waals surface area contributed by atoms with E-state index in [9.17, 15) is 4.79 Å². The fraction of sp³-hybridized carbons (Fsp3) is 0.500. The summed E-state index contributed by atoms with van der Waals surface area (Å²) in [5.74, 6) is 0.104. The Balaban J connectivity index is 2.69. The smallest absolute Gasteiger partial charge is 0.246 e. The first-order chi connectivity index (χ1) is 3.84. The molecule has 1 N–H and O–H groups in total. The maximum Gasteiger partial charge on any atom is 0.246 e. The highest BCUT2D eigenvalue weighted by atomic mass is 16.1. The van der Waals surface area contributed by atoms with E-state index in [1.807, 2.05) is 13.0 Å². The van der Waals surface area contributed by atoms with E-state index in [0.29, 0.717) is 0 Å². The van der Waals surface area contributed by atoms with E-state index < -0.39 is 0 Å². The minimum Gasteiger partial charge on any atom is -0.352 e. The predicted molar refractivity (Wildman–Crippen MR) is 31.4 cm³/mol. The molecule has 1 saturated heterocycles. The predicted octanol–water partition coefficient (Wildman–Crippen LogP) is 0.453. The van der Waals surface area contributed by atoms with Crippen LogP contribution in [0.1, 0.15) is 13.3 Å². The molecule has 1 rings (SSSR count). The second-order valence-corrected chi connectivity index (χ2v) is 1.82. The molecule has 0 atom stereocenters. The van der Waals surface area contributed by atoms with E-state index in [2.05, 4.69) is 5.32 Å². The maximum absolute atomic E-state index is 10.6. The van der Waals surface area contributed by atoms with E-state index >= 15 is 0 Å². The monoisotopic (exact) mass is 111 g/mol. The van der Waals surface area contributed by atoms with Crippen LogP contribution in [-0.2, 0) is 4.79 Å². The average molecular weight is 111 g/mol. The highest BCUT2D eigenvalue weighted by Crippen LogP contribution is 2.05. The van der Waals surface area contributed by atoms with Crippen molar-refractivity contribution in [3.8, 4) is 0 Å². The molecule has 8 heavy (non-hydrogen) atoms. The third-order valence-corrected chi connectivity index (χ3v) is 1.32. The van der Waals surface area contributed by atoms with Gasteiger partial charge >= 0.3 is 0 Å². The Morgan fingerprint density at radius 2 is 2.50 bits per heavy atom. The standard InChI is InChI=1S/C6H9NO/c1-2-5-3-4-7-6(5)8/h2H,3-4H2,1H3,(H,7,8)/b5-2+.